The summed E-state index contributed by atoms with van der Waals surface area (Å²) in [4.78, 5) is 23.8. The van der Waals surface area contributed by atoms with Crippen LogP contribution in [-0.2, 0) is 24.2 Å². The van der Waals surface area contributed by atoms with E-state index in [9.17, 15) is 4.79 Å². The van der Waals surface area contributed by atoms with Crippen molar-refractivity contribution in [3.05, 3.63) is 70.9 Å². The van der Waals surface area contributed by atoms with E-state index in [4.69, 9.17) is 16.0 Å². The summed E-state index contributed by atoms with van der Waals surface area (Å²) in [5.74, 6) is 2.37. The number of likely N-dealkylation sites (tertiary alicyclic amines) is 1. The first-order valence-corrected chi connectivity index (χ1v) is 10.5. The Kier molecular flexibility index (Phi) is 6.00. The third kappa shape index (κ3) is 4.37. The fourth-order valence-electron chi connectivity index (χ4n) is 3.91. The minimum atomic E-state index is -0.121. The van der Waals surface area contributed by atoms with Gasteiger partial charge in [-0.05, 0) is 30.9 Å². The molecule has 1 fully saturated rings. The summed E-state index contributed by atoms with van der Waals surface area (Å²) in [6.07, 6.45) is 9.67. The first kappa shape index (κ1) is 19.7. The highest BCUT2D eigenvalue weighted by Crippen LogP contribution is 2.31. The number of nitrogens with zero attached hydrogens (tertiary/aromatic N) is 4. The molecule has 0 unspecified atom stereocenters. The molecule has 0 aliphatic carbocycles. The number of rotatable bonds is 6. The number of carbonyl (C=O) groups is 1. The van der Waals surface area contributed by atoms with Gasteiger partial charge in [0.15, 0.2) is 0 Å². The molecule has 1 aliphatic rings. The molecular weight excluding hydrogens is 388 g/mol. The summed E-state index contributed by atoms with van der Waals surface area (Å²) in [5, 5.41) is 0.715. The van der Waals surface area contributed by atoms with Crippen LogP contribution in [0.4, 0.5) is 0 Å². The smallest absolute Gasteiger partial charge is 0.243 e. The van der Waals surface area contributed by atoms with Crippen LogP contribution in [0.5, 0.6) is 0 Å². The third-order valence-electron chi connectivity index (χ3n) is 5.43. The van der Waals surface area contributed by atoms with Gasteiger partial charge >= 0.3 is 0 Å². The third-order valence-corrected chi connectivity index (χ3v) is 5.79. The number of halogens is 1. The molecule has 1 saturated heterocycles. The number of piperidine rings is 1. The van der Waals surface area contributed by atoms with Gasteiger partial charge in [0.1, 0.15) is 24.2 Å². The molecule has 3 heterocycles. The molecule has 0 N–H and O–H groups in total. The Morgan fingerprint density at radius 2 is 2.14 bits per heavy atom. The molecule has 1 aromatic carbocycles. The van der Waals surface area contributed by atoms with E-state index in [-0.39, 0.29) is 11.9 Å². The van der Waals surface area contributed by atoms with Crippen LogP contribution >= 0.6 is 11.6 Å². The maximum Gasteiger partial charge on any atom is 0.243 e. The van der Waals surface area contributed by atoms with Crippen LogP contribution in [0.25, 0.3) is 0 Å². The van der Waals surface area contributed by atoms with E-state index in [2.05, 4.69) is 9.97 Å². The van der Waals surface area contributed by atoms with Gasteiger partial charge in [-0.3, -0.25) is 4.79 Å². The molecule has 152 valence electrons. The number of oxazole rings is 1. The van der Waals surface area contributed by atoms with Gasteiger partial charge in [0.25, 0.3) is 0 Å². The van der Waals surface area contributed by atoms with Gasteiger partial charge in [0.05, 0.1) is 6.20 Å². The van der Waals surface area contributed by atoms with E-state index >= 15 is 0 Å². The molecule has 0 radical (unpaired) electrons. The normalized spacial score (nSPS) is 16.9. The van der Waals surface area contributed by atoms with Crippen molar-refractivity contribution in [1.82, 2.24) is 19.4 Å². The van der Waals surface area contributed by atoms with Crippen LogP contribution in [0, 0.1) is 0 Å². The average Bonchev–Trinajstić information content (AvgIpc) is 3.39. The Bertz CT molecular complexity index is 981. The number of aryl methyl sites for hydroxylation is 1. The minimum Gasteiger partial charge on any atom is -0.443 e. The SMILES string of the molecule is CCc1nccn1CC(=O)N1CCCC[C@@H]1c1ncc(Cc2ccccc2Cl)o1. The van der Waals surface area contributed by atoms with Crippen LogP contribution in [0.2, 0.25) is 5.02 Å². The molecule has 29 heavy (non-hydrogen) atoms. The highest BCUT2D eigenvalue weighted by Gasteiger charge is 2.31. The Labute approximate surface area is 175 Å². The molecule has 0 spiro atoms. The first-order valence-electron chi connectivity index (χ1n) is 10.1. The van der Waals surface area contributed by atoms with Crippen LogP contribution in [0.3, 0.4) is 0 Å². The van der Waals surface area contributed by atoms with E-state index in [1.165, 1.54) is 0 Å². The molecule has 1 aliphatic heterocycles. The first-order chi connectivity index (χ1) is 14.2. The molecule has 6 nitrogen and oxygen atoms in total. The standard InChI is InChI=1S/C22H25ClN4O2/c1-2-20-24-10-12-26(20)15-21(28)27-11-6-5-9-19(27)22-25-14-17(29-22)13-16-7-3-4-8-18(16)23/h3-4,7-8,10,12,14,19H,2,5-6,9,11,13,15H2,1H3/t19-/m1/s1. The lowest BCUT2D eigenvalue weighted by Crippen LogP contribution is -2.40. The topological polar surface area (TPSA) is 64.2 Å². The monoisotopic (exact) mass is 412 g/mol. The molecule has 1 atom stereocenters. The lowest BCUT2D eigenvalue weighted by Gasteiger charge is -2.34. The lowest BCUT2D eigenvalue weighted by atomic mass is 10.0. The Balaban J connectivity index is 1.50. The molecule has 0 bridgehead atoms. The maximum atomic E-state index is 13.1. The largest absolute Gasteiger partial charge is 0.443 e. The van der Waals surface area contributed by atoms with E-state index < -0.39 is 0 Å². The Hall–Kier alpha value is -2.60. The number of hydrogen-bond acceptors (Lipinski definition) is 4. The second-order valence-electron chi connectivity index (χ2n) is 7.36. The van der Waals surface area contributed by atoms with Crippen molar-refractivity contribution in [3.63, 3.8) is 0 Å². The molecule has 0 saturated carbocycles. The number of benzene rings is 1. The van der Waals surface area contributed by atoms with Gasteiger partial charge < -0.3 is 13.9 Å². The van der Waals surface area contributed by atoms with Crippen molar-refractivity contribution in [1.29, 1.82) is 0 Å². The number of hydrogen-bond donors (Lipinski definition) is 0. The van der Waals surface area contributed by atoms with E-state index in [1.54, 1.807) is 12.4 Å². The molecule has 7 heteroatoms. The van der Waals surface area contributed by atoms with Gasteiger partial charge in [0.2, 0.25) is 11.8 Å². The zero-order valence-corrected chi connectivity index (χ0v) is 17.3. The fourth-order valence-corrected chi connectivity index (χ4v) is 4.11. The lowest BCUT2D eigenvalue weighted by molar-refractivity contribution is -0.136. The van der Waals surface area contributed by atoms with E-state index in [0.717, 1.165) is 49.4 Å². The molecule has 4 rings (SSSR count). The summed E-state index contributed by atoms with van der Waals surface area (Å²) in [7, 11) is 0. The average molecular weight is 413 g/mol. The highest BCUT2D eigenvalue weighted by atomic mass is 35.5. The highest BCUT2D eigenvalue weighted by molar-refractivity contribution is 6.31. The quantitative estimate of drug-likeness (QED) is 0.600. The van der Waals surface area contributed by atoms with Gasteiger partial charge in [-0.25, -0.2) is 9.97 Å². The van der Waals surface area contributed by atoms with Crippen LogP contribution < -0.4 is 0 Å². The number of carbonyl (C=O) groups excluding carboxylic acids is 1. The molecule has 3 aromatic rings. The predicted molar refractivity (Wildman–Crippen MR) is 111 cm³/mol. The molecule has 1 amide bonds. The molecule has 2 aromatic heterocycles. The summed E-state index contributed by atoms with van der Waals surface area (Å²) < 4.78 is 7.98. The fraction of sp³-hybridized carbons (Fsp3) is 0.409. The van der Waals surface area contributed by atoms with Gasteiger partial charge in [0, 0.05) is 36.8 Å². The Morgan fingerprint density at radius 1 is 1.28 bits per heavy atom. The van der Waals surface area contributed by atoms with Crippen molar-refractivity contribution in [2.45, 2.75) is 51.6 Å². The van der Waals surface area contributed by atoms with Crippen molar-refractivity contribution >= 4 is 17.5 Å². The van der Waals surface area contributed by atoms with Crippen molar-refractivity contribution in [2.24, 2.45) is 0 Å². The maximum absolute atomic E-state index is 13.1. The van der Waals surface area contributed by atoms with E-state index in [0.29, 0.717) is 23.9 Å². The number of amides is 1. The summed E-state index contributed by atoms with van der Waals surface area (Å²) in [5.41, 5.74) is 1.00. The van der Waals surface area contributed by atoms with Gasteiger partial charge in [-0.2, -0.15) is 0 Å². The number of aromatic nitrogens is 3. The van der Waals surface area contributed by atoms with Gasteiger partial charge in [-0.15, -0.1) is 0 Å². The zero-order chi connectivity index (χ0) is 20.2. The van der Waals surface area contributed by atoms with Crippen LogP contribution in [0.1, 0.15) is 55.3 Å². The minimum absolute atomic E-state index is 0.0771. The van der Waals surface area contributed by atoms with Gasteiger partial charge in [-0.1, -0.05) is 36.7 Å². The second kappa shape index (κ2) is 8.82. The van der Waals surface area contributed by atoms with Crippen molar-refractivity contribution in [3.8, 4) is 0 Å². The summed E-state index contributed by atoms with van der Waals surface area (Å²) in [6.45, 7) is 3.06. The second-order valence-corrected chi connectivity index (χ2v) is 7.76. The predicted octanol–water partition coefficient (Wildman–Crippen LogP) is 4.43. The number of imidazole rings is 1. The summed E-state index contributed by atoms with van der Waals surface area (Å²) in [6, 6.07) is 7.60. The zero-order valence-electron chi connectivity index (χ0n) is 16.6. The van der Waals surface area contributed by atoms with Crippen LogP contribution in [-0.4, -0.2) is 31.9 Å². The van der Waals surface area contributed by atoms with Crippen molar-refractivity contribution < 1.29 is 9.21 Å². The van der Waals surface area contributed by atoms with Crippen LogP contribution in [0.15, 0.2) is 47.3 Å². The molecular formula is C22H25ClN4O2. The van der Waals surface area contributed by atoms with Crippen molar-refractivity contribution in [2.75, 3.05) is 6.54 Å². The Morgan fingerprint density at radius 3 is 2.97 bits per heavy atom. The van der Waals surface area contributed by atoms with E-state index in [1.807, 2.05) is 46.9 Å². The summed E-state index contributed by atoms with van der Waals surface area (Å²) >= 11 is 6.26.